The normalized spacial score (nSPS) is 23.3. The molecule has 2 aromatic carbocycles. The van der Waals surface area contributed by atoms with Crippen LogP contribution < -0.4 is 10.2 Å². The Balaban J connectivity index is 0.000000160. The molecule has 0 radical (unpaired) electrons. The largest absolute Gasteiger partial charge is 0.508 e. The van der Waals surface area contributed by atoms with E-state index in [9.17, 15) is 9.90 Å². The van der Waals surface area contributed by atoms with Crippen LogP contribution in [0, 0.1) is 0 Å². The van der Waals surface area contributed by atoms with Gasteiger partial charge in [-0.25, -0.2) is 4.79 Å². The molecule has 132 valence electrons. The molecule has 1 amide bonds. The van der Waals surface area contributed by atoms with E-state index in [0.717, 1.165) is 0 Å². The zero-order valence-corrected chi connectivity index (χ0v) is 15.1. The van der Waals surface area contributed by atoms with Crippen molar-refractivity contribution in [2.75, 3.05) is 23.0 Å². The van der Waals surface area contributed by atoms with Crippen molar-refractivity contribution >= 4 is 29.2 Å². The second-order valence-corrected chi connectivity index (χ2v) is 7.69. The van der Waals surface area contributed by atoms with Gasteiger partial charge < -0.3 is 15.1 Å². The minimum Gasteiger partial charge on any atom is -0.508 e. The first kappa shape index (κ1) is 17.5. The SMILES string of the molecule is CN1c2ccc(O)cc2C2(C)CCSC12.O=C(O)Nc1ccccc1. The first-order valence-electron chi connectivity index (χ1n) is 8.15. The second-order valence-electron chi connectivity index (χ2n) is 6.50. The fraction of sp³-hybridized carbons (Fsp3) is 0.316. The van der Waals surface area contributed by atoms with Gasteiger partial charge in [0.15, 0.2) is 0 Å². The summed E-state index contributed by atoms with van der Waals surface area (Å²) in [4.78, 5) is 12.4. The van der Waals surface area contributed by atoms with Gasteiger partial charge in [0.2, 0.25) is 0 Å². The summed E-state index contributed by atoms with van der Waals surface area (Å²) in [6.07, 6.45) is 0.176. The number of phenolic OH excluding ortho intramolecular Hbond substituents is 1. The maximum absolute atomic E-state index is 10.1. The summed E-state index contributed by atoms with van der Waals surface area (Å²) in [6.45, 7) is 2.32. The van der Waals surface area contributed by atoms with E-state index < -0.39 is 6.09 Å². The Morgan fingerprint density at radius 3 is 2.68 bits per heavy atom. The van der Waals surface area contributed by atoms with E-state index in [0.29, 0.717) is 16.8 Å². The molecule has 2 aromatic rings. The number of carboxylic acid groups (broad SMARTS) is 1. The predicted molar refractivity (Wildman–Crippen MR) is 103 cm³/mol. The fourth-order valence-corrected chi connectivity index (χ4v) is 5.27. The third-order valence-corrected chi connectivity index (χ3v) is 6.39. The standard InChI is InChI=1S/C12H15NOS.C7H7NO2/c1-12-5-6-15-11(12)13(2)10-4-3-8(14)7-9(10)12;9-7(10)8-6-4-2-1-3-5-6/h3-4,7,11,14H,5-6H2,1-2H3;1-5,8H,(H,9,10). The molecule has 2 atom stereocenters. The summed E-state index contributed by atoms with van der Waals surface area (Å²) in [5, 5.41) is 20.6. The highest BCUT2D eigenvalue weighted by molar-refractivity contribution is 8.00. The zero-order valence-electron chi connectivity index (χ0n) is 14.3. The van der Waals surface area contributed by atoms with Gasteiger partial charge >= 0.3 is 6.09 Å². The van der Waals surface area contributed by atoms with Gasteiger partial charge in [0.1, 0.15) is 5.75 Å². The van der Waals surface area contributed by atoms with Crippen LogP contribution in [0.4, 0.5) is 16.2 Å². The van der Waals surface area contributed by atoms with Crippen molar-refractivity contribution in [3.05, 3.63) is 54.1 Å². The average molecular weight is 358 g/mol. The van der Waals surface area contributed by atoms with Crippen molar-refractivity contribution in [1.29, 1.82) is 0 Å². The smallest absolute Gasteiger partial charge is 0.409 e. The lowest BCUT2D eigenvalue weighted by Crippen LogP contribution is -2.34. The number of likely N-dealkylation sites (N-methyl/N-ethyl adjacent to an activating group) is 1. The van der Waals surface area contributed by atoms with E-state index in [1.807, 2.05) is 30.0 Å². The summed E-state index contributed by atoms with van der Waals surface area (Å²) in [7, 11) is 2.16. The molecule has 1 fully saturated rings. The van der Waals surface area contributed by atoms with Crippen molar-refractivity contribution in [1.82, 2.24) is 0 Å². The Hall–Kier alpha value is -2.34. The number of nitrogens with zero attached hydrogens (tertiary/aromatic N) is 1. The Morgan fingerprint density at radius 1 is 1.28 bits per heavy atom. The van der Waals surface area contributed by atoms with E-state index in [2.05, 4.69) is 24.2 Å². The zero-order chi connectivity index (χ0) is 18.0. The molecule has 5 nitrogen and oxygen atoms in total. The lowest BCUT2D eigenvalue weighted by molar-refractivity contribution is 0.210. The van der Waals surface area contributed by atoms with Crippen LogP contribution in [0.25, 0.3) is 0 Å². The van der Waals surface area contributed by atoms with E-state index >= 15 is 0 Å². The number of benzene rings is 2. The Morgan fingerprint density at radius 2 is 2.00 bits per heavy atom. The lowest BCUT2D eigenvalue weighted by atomic mass is 9.82. The van der Waals surface area contributed by atoms with Gasteiger partial charge in [-0.3, -0.25) is 5.32 Å². The Labute approximate surface area is 151 Å². The van der Waals surface area contributed by atoms with Gasteiger partial charge in [0.05, 0.1) is 5.37 Å². The third kappa shape index (κ3) is 3.39. The van der Waals surface area contributed by atoms with Crippen molar-refractivity contribution in [2.24, 2.45) is 0 Å². The number of phenols is 1. The van der Waals surface area contributed by atoms with Crippen LogP contribution in [-0.2, 0) is 5.41 Å². The predicted octanol–water partition coefficient (Wildman–Crippen LogP) is 4.34. The number of para-hydroxylation sites is 1. The minimum atomic E-state index is -1.04. The highest BCUT2D eigenvalue weighted by Gasteiger charge is 2.49. The third-order valence-electron chi connectivity index (χ3n) is 4.79. The fourth-order valence-electron chi connectivity index (χ4n) is 3.56. The van der Waals surface area contributed by atoms with Crippen LogP contribution in [-0.4, -0.2) is 34.5 Å². The maximum Gasteiger partial charge on any atom is 0.409 e. The number of nitrogens with one attached hydrogen (secondary N) is 1. The molecule has 0 aromatic heterocycles. The number of fused-ring (bicyclic) bond motifs is 3. The average Bonchev–Trinajstić information content (AvgIpc) is 3.05. The first-order chi connectivity index (χ1) is 11.9. The van der Waals surface area contributed by atoms with Crippen LogP contribution in [0.2, 0.25) is 0 Å². The number of hydrogen-bond acceptors (Lipinski definition) is 4. The molecule has 1 saturated heterocycles. The summed E-state index contributed by atoms with van der Waals surface area (Å²) in [6, 6.07) is 14.5. The molecule has 4 rings (SSSR count). The number of amides is 1. The molecule has 3 N–H and O–H groups in total. The summed E-state index contributed by atoms with van der Waals surface area (Å²) < 4.78 is 0. The number of thioether (sulfide) groups is 1. The molecule has 0 spiro atoms. The van der Waals surface area contributed by atoms with Crippen molar-refractivity contribution in [3.63, 3.8) is 0 Å². The van der Waals surface area contributed by atoms with Gasteiger partial charge in [-0.1, -0.05) is 25.1 Å². The van der Waals surface area contributed by atoms with E-state index in [1.165, 1.54) is 23.4 Å². The van der Waals surface area contributed by atoms with Gasteiger partial charge in [-0.15, -0.1) is 11.8 Å². The molecule has 2 unspecified atom stereocenters. The van der Waals surface area contributed by atoms with Crippen LogP contribution in [0.15, 0.2) is 48.5 Å². The number of aromatic hydroxyl groups is 1. The van der Waals surface area contributed by atoms with Crippen molar-refractivity contribution in [2.45, 2.75) is 24.1 Å². The van der Waals surface area contributed by atoms with Crippen LogP contribution in [0.3, 0.4) is 0 Å². The molecule has 25 heavy (non-hydrogen) atoms. The Kier molecular flexibility index (Phi) is 4.81. The number of hydrogen-bond donors (Lipinski definition) is 3. The number of anilines is 2. The molecule has 2 heterocycles. The van der Waals surface area contributed by atoms with Crippen molar-refractivity contribution in [3.8, 4) is 5.75 Å². The van der Waals surface area contributed by atoms with Gasteiger partial charge in [0.25, 0.3) is 0 Å². The molecule has 2 aliphatic rings. The van der Waals surface area contributed by atoms with Crippen molar-refractivity contribution < 1.29 is 15.0 Å². The highest BCUT2D eigenvalue weighted by atomic mass is 32.2. The first-order valence-corrected chi connectivity index (χ1v) is 9.19. The van der Waals surface area contributed by atoms with Crippen LogP contribution >= 0.6 is 11.8 Å². The van der Waals surface area contributed by atoms with Crippen LogP contribution in [0.5, 0.6) is 5.75 Å². The van der Waals surface area contributed by atoms with Gasteiger partial charge in [-0.2, -0.15) is 0 Å². The lowest BCUT2D eigenvalue weighted by Gasteiger charge is -2.27. The highest BCUT2D eigenvalue weighted by Crippen LogP contribution is 2.55. The van der Waals surface area contributed by atoms with Gasteiger partial charge in [-0.05, 0) is 48.1 Å². The maximum atomic E-state index is 10.1. The summed E-state index contributed by atoms with van der Waals surface area (Å²) >= 11 is 2.03. The van der Waals surface area contributed by atoms with Gasteiger partial charge in [0, 0.05) is 23.8 Å². The number of carbonyl (C=O) groups is 1. The molecular formula is C19H22N2O3S. The second kappa shape index (κ2) is 6.88. The van der Waals surface area contributed by atoms with E-state index in [4.69, 9.17) is 5.11 Å². The molecular weight excluding hydrogens is 336 g/mol. The summed E-state index contributed by atoms with van der Waals surface area (Å²) in [5.41, 5.74) is 3.43. The Bertz CT molecular complexity index is 769. The molecule has 2 aliphatic heterocycles. The quantitative estimate of drug-likeness (QED) is 0.707. The van der Waals surface area contributed by atoms with E-state index in [1.54, 1.807) is 30.3 Å². The molecule has 0 saturated carbocycles. The van der Waals surface area contributed by atoms with Crippen LogP contribution in [0.1, 0.15) is 18.9 Å². The minimum absolute atomic E-state index is 0.230. The molecule has 0 bridgehead atoms. The number of rotatable bonds is 1. The monoisotopic (exact) mass is 358 g/mol. The molecule has 0 aliphatic carbocycles. The summed E-state index contributed by atoms with van der Waals surface area (Å²) in [5.74, 6) is 1.61. The topological polar surface area (TPSA) is 72.8 Å². The van der Waals surface area contributed by atoms with E-state index in [-0.39, 0.29) is 5.41 Å². The molecule has 6 heteroatoms.